The Bertz CT molecular complexity index is 361. The van der Waals surface area contributed by atoms with E-state index in [0.717, 1.165) is 24.3 Å². The summed E-state index contributed by atoms with van der Waals surface area (Å²) in [6.07, 6.45) is 2.65. The highest BCUT2D eigenvalue weighted by atomic mass is 16.2. The van der Waals surface area contributed by atoms with E-state index in [2.05, 4.69) is 10.3 Å². The highest BCUT2D eigenvalue weighted by Gasteiger charge is 2.28. The maximum Gasteiger partial charge on any atom is 0.244 e. The van der Waals surface area contributed by atoms with E-state index in [1.807, 2.05) is 26.1 Å². The van der Waals surface area contributed by atoms with Gasteiger partial charge in [-0.2, -0.15) is 0 Å². The smallest absolute Gasteiger partial charge is 0.244 e. The molecule has 0 aromatic carbocycles. The second-order valence-corrected chi connectivity index (χ2v) is 3.97. The molecule has 0 aliphatic carbocycles. The van der Waals surface area contributed by atoms with Crippen LogP contribution in [0.25, 0.3) is 0 Å². The van der Waals surface area contributed by atoms with Crippen molar-refractivity contribution in [2.24, 2.45) is 0 Å². The minimum Gasteiger partial charge on any atom is -0.358 e. The molecule has 4 nitrogen and oxygen atoms in total. The summed E-state index contributed by atoms with van der Waals surface area (Å²) in [5, 5.41) is 3.15. The number of aryl methyl sites for hydroxylation is 1. The Morgan fingerprint density at radius 1 is 1.53 bits per heavy atom. The van der Waals surface area contributed by atoms with Gasteiger partial charge < -0.3 is 10.2 Å². The van der Waals surface area contributed by atoms with E-state index in [-0.39, 0.29) is 11.9 Å². The quantitative estimate of drug-likeness (QED) is 0.784. The predicted octanol–water partition coefficient (Wildman–Crippen LogP) is 1.03. The number of anilines is 1. The second kappa shape index (κ2) is 3.88. The van der Waals surface area contributed by atoms with Gasteiger partial charge in [0.1, 0.15) is 11.9 Å². The molecule has 1 aliphatic heterocycles. The lowest BCUT2D eigenvalue weighted by Gasteiger charge is -2.12. The molecule has 4 heteroatoms. The average molecular weight is 205 g/mol. The highest BCUT2D eigenvalue weighted by Crippen LogP contribution is 2.14. The number of likely N-dealkylation sites (tertiary alicyclic amines) is 1. The van der Waals surface area contributed by atoms with Crippen LogP contribution in [0.5, 0.6) is 0 Å². The van der Waals surface area contributed by atoms with E-state index in [9.17, 15) is 4.79 Å². The number of carbonyl (C=O) groups is 1. The van der Waals surface area contributed by atoms with Gasteiger partial charge in [-0.25, -0.2) is 4.98 Å². The van der Waals surface area contributed by atoms with Crippen LogP contribution in [0.15, 0.2) is 18.3 Å². The molecule has 80 valence electrons. The number of nitrogens with zero attached hydrogens (tertiary/aromatic N) is 2. The molecule has 0 radical (unpaired) electrons. The summed E-state index contributed by atoms with van der Waals surface area (Å²) in [5.41, 5.74) is 1.12. The Balaban J connectivity index is 2.03. The van der Waals surface area contributed by atoms with Gasteiger partial charge in [-0.1, -0.05) is 6.07 Å². The van der Waals surface area contributed by atoms with Crippen molar-refractivity contribution < 1.29 is 4.79 Å². The Labute approximate surface area is 89.3 Å². The van der Waals surface area contributed by atoms with Crippen molar-refractivity contribution in [1.82, 2.24) is 9.88 Å². The van der Waals surface area contributed by atoms with Crippen molar-refractivity contribution in [3.63, 3.8) is 0 Å². The third-order valence-corrected chi connectivity index (χ3v) is 2.66. The van der Waals surface area contributed by atoms with Crippen LogP contribution in [0.2, 0.25) is 0 Å². The monoisotopic (exact) mass is 205 g/mol. The van der Waals surface area contributed by atoms with Gasteiger partial charge in [0, 0.05) is 19.8 Å². The van der Waals surface area contributed by atoms with Gasteiger partial charge in [-0.05, 0) is 25.0 Å². The third kappa shape index (κ3) is 2.09. The zero-order chi connectivity index (χ0) is 10.8. The molecule has 1 atom stereocenters. The van der Waals surface area contributed by atoms with Crippen LogP contribution in [0.1, 0.15) is 12.0 Å². The number of hydrogen-bond acceptors (Lipinski definition) is 3. The molecule has 2 heterocycles. The van der Waals surface area contributed by atoms with Crippen LogP contribution in [0, 0.1) is 6.92 Å². The molecule has 0 bridgehead atoms. The first-order chi connectivity index (χ1) is 7.16. The number of amides is 1. The third-order valence-electron chi connectivity index (χ3n) is 2.66. The first-order valence-electron chi connectivity index (χ1n) is 5.11. The van der Waals surface area contributed by atoms with E-state index >= 15 is 0 Å². The lowest BCUT2D eigenvalue weighted by molar-refractivity contribution is -0.127. The first kappa shape index (κ1) is 9.96. The van der Waals surface area contributed by atoms with Gasteiger partial charge in [0.25, 0.3) is 0 Å². The molecular weight excluding hydrogens is 190 g/mol. The zero-order valence-corrected chi connectivity index (χ0v) is 9.03. The molecule has 1 saturated heterocycles. The molecule has 15 heavy (non-hydrogen) atoms. The molecule has 1 aromatic heterocycles. The van der Waals surface area contributed by atoms with E-state index in [0.29, 0.717) is 0 Å². The molecule has 2 rings (SSSR count). The fraction of sp³-hybridized carbons (Fsp3) is 0.455. The normalized spacial score (nSPS) is 20.8. The van der Waals surface area contributed by atoms with Gasteiger partial charge in [0.15, 0.2) is 0 Å². The molecule has 1 aromatic rings. The maximum absolute atomic E-state index is 11.6. The molecule has 1 amide bonds. The molecule has 1 fully saturated rings. The summed E-state index contributed by atoms with van der Waals surface area (Å²) in [6.45, 7) is 2.81. The number of likely N-dealkylation sites (N-methyl/N-ethyl adjacent to an activating group) is 1. The highest BCUT2D eigenvalue weighted by molar-refractivity contribution is 5.86. The summed E-state index contributed by atoms with van der Waals surface area (Å²) in [6, 6.07) is 3.78. The Kier molecular flexibility index (Phi) is 2.58. The summed E-state index contributed by atoms with van der Waals surface area (Å²) in [5.74, 6) is 0.923. The summed E-state index contributed by atoms with van der Waals surface area (Å²) in [4.78, 5) is 17.6. The standard InChI is InChI=1S/C11H15N3O/c1-8-3-4-10(12-7-8)13-9-5-6-14(2)11(9)15/h3-4,7,9H,5-6H2,1-2H3,(H,12,13). The van der Waals surface area contributed by atoms with Crippen molar-refractivity contribution in [1.29, 1.82) is 0 Å². The minimum absolute atomic E-state index is 0.106. The number of pyridine rings is 1. The first-order valence-corrected chi connectivity index (χ1v) is 5.11. The molecule has 1 aliphatic rings. The summed E-state index contributed by atoms with van der Waals surface area (Å²) >= 11 is 0. The second-order valence-electron chi connectivity index (χ2n) is 3.97. The van der Waals surface area contributed by atoms with Crippen molar-refractivity contribution in [2.75, 3.05) is 18.9 Å². The number of aromatic nitrogens is 1. The Morgan fingerprint density at radius 3 is 2.87 bits per heavy atom. The van der Waals surface area contributed by atoms with Gasteiger partial charge in [0.05, 0.1) is 0 Å². The number of nitrogens with one attached hydrogen (secondary N) is 1. The fourth-order valence-corrected chi connectivity index (χ4v) is 1.69. The SMILES string of the molecule is Cc1ccc(NC2CCN(C)C2=O)nc1. The van der Waals surface area contributed by atoms with E-state index in [1.54, 1.807) is 11.1 Å². The molecule has 1 N–H and O–H groups in total. The number of rotatable bonds is 2. The van der Waals surface area contributed by atoms with E-state index in [1.165, 1.54) is 0 Å². The van der Waals surface area contributed by atoms with Crippen LogP contribution in [-0.4, -0.2) is 35.4 Å². The van der Waals surface area contributed by atoms with Gasteiger partial charge >= 0.3 is 0 Å². The maximum atomic E-state index is 11.6. The van der Waals surface area contributed by atoms with Crippen LogP contribution >= 0.6 is 0 Å². The fourth-order valence-electron chi connectivity index (χ4n) is 1.69. The van der Waals surface area contributed by atoms with Crippen molar-refractivity contribution in [2.45, 2.75) is 19.4 Å². The average Bonchev–Trinajstić information content (AvgIpc) is 2.53. The largest absolute Gasteiger partial charge is 0.358 e. The van der Waals surface area contributed by atoms with Crippen molar-refractivity contribution >= 4 is 11.7 Å². The van der Waals surface area contributed by atoms with Crippen molar-refractivity contribution in [3.05, 3.63) is 23.9 Å². The van der Waals surface area contributed by atoms with E-state index < -0.39 is 0 Å². The lowest BCUT2D eigenvalue weighted by atomic mass is 10.2. The number of hydrogen-bond donors (Lipinski definition) is 1. The summed E-state index contributed by atoms with van der Waals surface area (Å²) in [7, 11) is 1.83. The lowest BCUT2D eigenvalue weighted by Crippen LogP contribution is -2.31. The van der Waals surface area contributed by atoms with Crippen LogP contribution < -0.4 is 5.32 Å². The van der Waals surface area contributed by atoms with Crippen molar-refractivity contribution in [3.8, 4) is 0 Å². The zero-order valence-electron chi connectivity index (χ0n) is 9.03. The van der Waals surface area contributed by atoms with Gasteiger partial charge in [-0.3, -0.25) is 4.79 Å². The van der Waals surface area contributed by atoms with Crippen LogP contribution in [0.3, 0.4) is 0 Å². The van der Waals surface area contributed by atoms with Crippen LogP contribution in [0.4, 0.5) is 5.82 Å². The molecule has 0 spiro atoms. The van der Waals surface area contributed by atoms with Gasteiger partial charge in [-0.15, -0.1) is 0 Å². The molecular formula is C11H15N3O. The van der Waals surface area contributed by atoms with E-state index in [4.69, 9.17) is 0 Å². The molecule has 1 unspecified atom stereocenters. The number of carbonyl (C=O) groups excluding carboxylic acids is 1. The predicted molar refractivity (Wildman–Crippen MR) is 58.6 cm³/mol. The minimum atomic E-state index is -0.106. The molecule has 0 saturated carbocycles. The Hall–Kier alpha value is -1.58. The van der Waals surface area contributed by atoms with Crippen LogP contribution in [-0.2, 0) is 4.79 Å². The Morgan fingerprint density at radius 2 is 2.33 bits per heavy atom. The topological polar surface area (TPSA) is 45.2 Å². The summed E-state index contributed by atoms with van der Waals surface area (Å²) < 4.78 is 0. The van der Waals surface area contributed by atoms with Gasteiger partial charge in [0.2, 0.25) is 5.91 Å².